The first-order valence-corrected chi connectivity index (χ1v) is 6.82. The minimum absolute atomic E-state index is 0.0540. The molecule has 96 valence electrons. The molecular formula is C13H16N2O2S. The zero-order chi connectivity index (χ0) is 12.8. The average Bonchev–Trinajstić information content (AvgIpc) is 2.98. The highest BCUT2D eigenvalue weighted by molar-refractivity contribution is 7.09. The fraction of sp³-hybridized carbons (Fsp3) is 0.385. The number of hydrogen-bond donors (Lipinski definition) is 1. The van der Waals surface area contributed by atoms with E-state index in [0.29, 0.717) is 19.4 Å². The van der Waals surface area contributed by atoms with E-state index in [9.17, 15) is 4.79 Å². The van der Waals surface area contributed by atoms with E-state index in [2.05, 4.69) is 10.3 Å². The zero-order valence-corrected chi connectivity index (χ0v) is 11.1. The van der Waals surface area contributed by atoms with E-state index in [0.717, 1.165) is 22.9 Å². The highest BCUT2D eigenvalue weighted by atomic mass is 32.1. The molecule has 0 aliphatic heterocycles. The molecule has 0 bridgehead atoms. The van der Waals surface area contributed by atoms with Gasteiger partial charge in [-0.15, -0.1) is 11.3 Å². The van der Waals surface area contributed by atoms with Gasteiger partial charge in [0, 0.05) is 31.2 Å². The van der Waals surface area contributed by atoms with Gasteiger partial charge < -0.3 is 9.73 Å². The smallest absolute Gasteiger partial charge is 0.220 e. The third-order valence-corrected chi connectivity index (χ3v) is 3.37. The number of amides is 1. The van der Waals surface area contributed by atoms with Crippen molar-refractivity contribution in [2.75, 3.05) is 6.54 Å². The van der Waals surface area contributed by atoms with E-state index in [1.807, 2.05) is 24.4 Å². The molecule has 0 radical (unpaired) electrons. The lowest BCUT2D eigenvalue weighted by atomic mass is 10.2. The van der Waals surface area contributed by atoms with Gasteiger partial charge in [0.15, 0.2) is 0 Å². The Bertz CT molecular complexity index is 491. The summed E-state index contributed by atoms with van der Waals surface area (Å²) in [4.78, 5) is 15.9. The van der Waals surface area contributed by atoms with Gasteiger partial charge in [-0.3, -0.25) is 4.79 Å². The van der Waals surface area contributed by atoms with Crippen LogP contribution in [0.3, 0.4) is 0 Å². The van der Waals surface area contributed by atoms with Crippen molar-refractivity contribution in [3.63, 3.8) is 0 Å². The van der Waals surface area contributed by atoms with Crippen molar-refractivity contribution in [1.82, 2.24) is 10.3 Å². The first kappa shape index (κ1) is 12.8. The fourth-order valence-electron chi connectivity index (χ4n) is 1.63. The largest absolute Gasteiger partial charge is 0.469 e. The summed E-state index contributed by atoms with van der Waals surface area (Å²) in [6, 6.07) is 3.71. The van der Waals surface area contributed by atoms with Crippen LogP contribution in [0.15, 0.2) is 28.2 Å². The molecular weight excluding hydrogens is 248 g/mol. The summed E-state index contributed by atoms with van der Waals surface area (Å²) in [5.41, 5.74) is 1.05. The minimum atomic E-state index is 0.0540. The first-order chi connectivity index (χ1) is 8.74. The molecule has 0 aliphatic rings. The van der Waals surface area contributed by atoms with Gasteiger partial charge in [0.25, 0.3) is 0 Å². The Balaban J connectivity index is 1.63. The molecule has 2 aromatic heterocycles. The summed E-state index contributed by atoms with van der Waals surface area (Å²) in [5, 5.41) is 5.98. The monoisotopic (exact) mass is 264 g/mol. The van der Waals surface area contributed by atoms with Crippen LogP contribution in [0, 0.1) is 6.92 Å². The highest BCUT2D eigenvalue weighted by Crippen LogP contribution is 2.08. The molecule has 0 atom stereocenters. The molecule has 1 amide bonds. The molecule has 0 aliphatic carbocycles. The van der Waals surface area contributed by atoms with E-state index in [4.69, 9.17) is 4.42 Å². The SMILES string of the molecule is Cc1nc(CCNC(=O)CCc2ccco2)cs1. The molecule has 5 heteroatoms. The third-order valence-electron chi connectivity index (χ3n) is 2.55. The first-order valence-electron chi connectivity index (χ1n) is 5.94. The van der Waals surface area contributed by atoms with Gasteiger partial charge in [-0.25, -0.2) is 4.98 Å². The Morgan fingerprint density at radius 2 is 2.39 bits per heavy atom. The Hall–Kier alpha value is -1.62. The second-order valence-electron chi connectivity index (χ2n) is 4.04. The number of nitrogens with one attached hydrogen (secondary N) is 1. The molecule has 2 heterocycles. The lowest BCUT2D eigenvalue weighted by Crippen LogP contribution is -2.25. The van der Waals surface area contributed by atoms with E-state index in [-0.39, 0.29) is 5.91 Å². The molecule has 0 spiro atoms. The van der Waals surface area contributed by atoms with Crippen molar-refractivity contribution in [2.45, 2.75) is 26.2 Å². The van der Waals surface area contributed by atoms with Gasteiger partial charge in [-0.05, 0) is 19.1 Å². The molecule has 0 aromatic carbocycles. The number of carbonyl (C=O) groups excluding carboxylic acids is 1. The summed E-state index contributed by atoms with van der Waals surface area (Å²) in [5.74, 6) is 0.902. The van der Waals surface area contributed by atoms with E-state index in [1.54, 1.807) is 17.6 Å². The molecule has 0 saturated heterocycles. The van der Waals surface area contributed by atoms with Gasteiger partial charge in [0.05, 0.1) is 17.0 Å². The molecule has 18 heavy (non-hydrogen) atoms. The predicted molar refractivity (Wildman–Crippen MR) is 70.6 cm³/mol. The summed E-state index contributed by atoms with van der Waals surface area (Å²) in [6.07, 6.45) is 3.52. The van der Waals surface area contributed by atoms with Crippen molar-refractivity contribution in [2.24, 2.45) is 0 Å². The van der Waals surface area contributed by atoms with Crippen LogP contribution in [-0.4, -0.2) is 17.4 Å². The number of aromatic nitrogens is 1. The number of nitrogens with zero attached hydrogens (tertiary/aromatic N) is 1. The maximum atomic E-state index is 11.6. The molecule has 0 unspecified atom stereocenters. The number of furan rings is 1. The van der Waals surface area contributed by atoms with Gasteiger partial charge >= 0.3 is 0 Å². The van der Waals surface area contributed by atoms with Crippen molar-refractivity contribution >= 4 is 17.2 Å². The van der Waals surface area contributed by atoms with Crippen molar-refractivity contribution in [1.29, 1.82) is 0 Å². The van der Waals surface area contributed by atoms with Crippen LogP contribution >= 0.6 is 11.3 Å². The number of hydrogen-bond acceptors (Lipinski definition) is 4. The average molecular weight is 264 g/mol. The molecule has 4 nitrogen and oxygen atoms in total. The van der Waals surface area contributed by atoms with E-state index < -0.39 is 0 Å². The van der Waals surface area contributed by atoms with Gasteiger partial charge in [-0.1, -0.05) is 0 Å². The Morgan fingerprint density at radius 3 is 3.06 bits per heavy atom. The van der Waals surface area contributed by atoms with Crippen LogP contribution in [0.1, 0.15) is 22.9 Å². The van der Waals surface area contributed by atoms with Crippen LogP contribution < -0.4 is 5.32 Å². The Morgan fingerprint density at radius 1 is 1.50 bits per heavy atom. The maximum Gasteiger partial charge on any atom is 0.220 e. The summed E-state index contributed by atoms with van der Waals surface area (Å²) < 4.78 is 5.17. The zero-order valence-electron chi connectivity index (χ0n) is 10.3. The van der Waals surface area contributed by atoms with Crippen molar-refractivity contribution in [3.05, 3.63) is 40.2 Å². The third kappa shape index (κ3) is 4.00. The topological polar surface area (TPSA) is 55.1 Å². The van der Waals surface area contributed by atoms with Crippen LogP contribution in [0.25, 0.3) is 0 Å². The van der Waals surface area contributed by atoms with Crippen LogP contribution in [0.2, 0.25) is 0 Å². The van der Waals surface area contributed by atoms with Crippen LogP contribution in [0.4, 0.5) is 0 Å². The van der Waals surface area contributed by atoms with Gasteiger partial charge in [0.1, 0.15) is 5.76 Å². The quantitative estimate of drug-likeness (QED) is 0.871. The summed E-state index contributed by atoms with van der Waals surface area (Å²) >= 11 is 1.64. The second-order valence-corrected chi connectivity index (χ2v) is 5.10. The Labute approximate surface area is 110 Å². The van der Waals surface area contributed by atoms with Crippen molar-refractivity contribution in [3.8, 4) is 0 Å². The number of thiazole rings is 1. The second kappa shape index (κ2) is 6.35. The number of carbonyl (C=O) groups is 1. The van der Waals surface area contributed by atoms with E-state index >= 15 is 0 Å². The lowest BCUT2D eigenvalue weighted by molar-refractivity contribution is -0.121. The molecule has 2 aromatic rings. The number of rotatable bonds is 6. The summed E-state index contributed by atoms with van der Waals surface area (Å²) in [6.45, 7) is 2.62. The normalized spacial score (nSPS) is 10.5. The van der Waals surface area contributed by atoms with Crippen LogP contribution in [-0.2, 0) is 17.6 Å². The molecule has 2 rings (SSSR count). The standard InChI is InChI=1S/C13H16N2O2S/c1-10-15-11(9-18-10)6-7-14-13(16)5-4-12-3-2-8-17-12/h2-3,8-9H,4-7H2,1H3,(H,14,16). The fourth-order valence-corrected chi connectivity index (χ4v) is 2.28. The summed E-state index contributed by atoms with van der Waals surface area (Å²) in [7, 11) is 0. The predicted octanol–water partition coefficient (Wildman–Crippen LogP) is 2.34. The van der Waals surface area contributed by atoms with Crippen molar-refractivity contribution < 1.29 is 9.21 Å². The van der Waals surface area contributed by atoms with Gasteiger partial charge in [-0.2, -0.15) is 0 Å². The highest BCUT2D eigenvalue weighted by Gasteiger charge is 2.04. The maximum absolute atomic E-state index is 11.6. The number of aryl methyl sites for hydroxylation is 2. The molecule has 0 fully saturated rings. The Kier molecular flexibility index (Phi) is 4.52. The van der Waals surface area contributed by atoms with E-state index in [1.165, 1.54) is 0 Å². The minimum Gasteiger partial charge on any atom is -0.469 e. The van der Waals surface area contributed by atoms with Gasteiger partial charge in [0.2, 0.25) is 5.91 Å². The lowest BCUT2D eigenvalue weighted by Gasteiger charge is -2.02. The molecule has 1 N–H and O–H groups in total. The van der Waals surface area contributed by atoms with Crippen LogP contribution in [0.5, 0.6) is 0 Å². The molecule has 0 saturated carbocycles.